The minimum absolute atomic E-state index is 0.324. The van der Waals surface area contributed by atoms with Gasteiger partial charge in [-0.25, -0.2) is 0 Å². The minimum Gasteiger partial charge on any atom is -0.372 e. The Morgan fingerprint density at radius 1 is 1.24 bits per heavy atom. The van der Waals surface area contributed by atoms with Crippen molar-refractivity contribution in [2.75, 3.05) is 26.2 Å². The molecule has 3 nitrogen and oxygen atoms in total. The van der Waals surface area contributed by atoms with Gasteiger partial charge in [0.2, 0.25) is 0 Å². The fraction of sp³-hybridized carbons (Fsp3) is 1.00. The molecule has 0 bridgehead atoms. The van der Waals surface area contributed by atoms with Crippen LogP contribution in [0.2, 0.25) is 0 Å². The van der Waals surface area contributed by atoms with E-state index in [-0.39, 0.29) is 0 Å². The van der Waals surface area contributed by atoms with E-state index in [1.807, 2.05) is 0 Å². The standard InChI is InChI=1S/C14H28N2O/c1-3-14(4-2)7-8-16(11-14)10-13-6-5-12(9-15)17-13/h12-13H,3-11,15H2,1-2H3. The Morgan fingerprint density at radius 3 is 2.47 bits per heavy atom. The largest absolute Gasteiger partial charge is 0.372 e. The van der Waals surface area contributed by atoms with E-state index >= 15 is 0 Å². The van der Waals surface area contributed by atoms with Gasteiger partial charge >= 0.3 is 0 Å². The Balaban J connectivity index is 1.78. The maximum absolute atomic E-state index is 5.94. The van der Waals surface area contributed by atoms with Crippen LogP contribution < -0.4 is 5.73 Å². The molecule has 0 amide bonds. The third-order valence-corrected chi connectivity index (χ3v) is 4.94. The summed E-state index contributed by atoms with van der Waals surface area (Å²) in [5.74, 6) is 0. The van der Waals surface area contributed by atoms with Crippen LogP contribution in [0.1, 0.15) is 46.0 Å². The molecule has 0 aromatic carbocycles. The van der Waals surface area contributed by atoms with Gasteiger partial charge in [-0.05, 0) is 44.1 Å². The van der Waals surface area contributed by atoms with Crippen molar-refractivity contribution in [3.8, 4) is 0 Å². The molecule has 0 aromatic rings. The number of hydrogen-bond donors (Lipinski definition) is 1. The molecular formula is C14H28N2O. The second-order valence-electron chi connectivity index (χ2n) is 5.89. The van der Waals surface area contributed by atoms with Crippen LogP contribution in [0.5, 0.6) is 0 Å². The molecule has 3 heteroatoms. The molecule has 2 fully saturated rings. The smallest absolute Gasteiger partial charge is 0.0707 e. The third kappa shape index (κ3) is 3.01. The average Bonchev–Trinajstić information content (AvgIpc) is 2.97. The summed E-state index contributed by atoms with van der Waals surface area (Å²) in [6.07, 6.45) is 7.12. The summed E-state index contributed by atoms with van der Waals surface area (Å²) in [6, 6.07) is 0. The highest BCUT2D eigenvalue weighted by Gasteiger charge is 2.36. The molecule has 2 unspecified atom stereocenters. The molecule has 2 N–H and O–H groups in total. The second-order valence-corrected chi connectivity index (χ2v) is 5.89. The Morgan fingerprint density at radius 2 is 1.94 bits per heavy atom. The first-order valence-electron chi connectivity index (χ1n) is 7.29. The zero-order chi connectivity index (χ0) is 12.3. The second kappa shape index (κ2) is 5.68. The Kier molecular flexibility index (Phi) is 4.45. The van der Waals surface area contributed by atoms with E-state index in [0.717, 1.165) is 13.0 Å². The first-order chi connectivity index (χ1) is 8.21. The summed E-state index contributed by atoms with van der Waals surface area (Å²) in [5.41, 5.74) is 6.24. The maximum Gasteiger partial charge on any atom is 0.0707 e. The maximum atomic E-state index is 5.94. The van der Waals surface area contributed by atoms with E-state index in [4.69, 9.17) is 10.5 Å². The quantitative estimate of drug-likeness (QED) is 0.799. The van der Waals surface area contributed by atoms with E-state index in [9.17, 15) is 0 Å². The summed E-state index contributed by atoms with van der Waals surface area (Å²) < 4.78 is 5.94. The van der Waals surface area contributed by atoms with Crippen LogP contribution in [-0.4, -0.2) is 43.3 Å². The highest BCUT2D eigenvalue weighted by atomic mass is 16.5. The van der Waals surface area contributed by atoms with Crippen LogP contribution in [-0.2, 0) is 4.74 Å². The molecule has 17 heavy (non-hydrogen) atoms. The first kappa shape index (κ1) is 13.3. The molecule has 2 saturated heterocycles. The highest BCUT2D eigenvalue weighted by Crippen LogP contribution is 2.37. The number of hydrogen-bond acceptors (Lipinski definition) is 3. The van der Waals surface area contributed by atoms with Crippen molar-refractivity contribution in [3.05, 3.63) is 0 Å². The molecule has 0 saturated carbocycles. The Bertz CT molecular complexity index is 240. The Hall–Kier alpha value is -0.120. The van der Waals surface area contributed by atoms with Crippen LogP contribution in [0.4, 0.5) is 0 Å². The van der Waals surface area contributed by atoms with Gasteiger partial charge in [-0.3, -0.25) is 0 Å². The number of nitrogens with zero attached hydrogens (tertiary/aromatic N) is 1. The van der Waals surface area contributed by atoms with Gasteiger partial charge in [-0.2, -0.15) is 0 Å². The van der Waals surface area contributed by atoms with Crippen molar-refractivity contribution in [3.63, 3.8) is 0 Å². The minimum atomic E-state index is 0.324. The molecule has 0 aliphatic carbocycles. The predicted octanol–water partition coefficient (Wildman–Crippen LogP) is 2.00. The average molecular weight is 240 g/mol. The van der Waals surface area contributed by atoms with Gasteiger partial charge in [0.15, 0.2) is 0 Å². The van der Waals surface area contributed by atoms with Crippen molar-refractivity contribution >= 4 is 0 Å². The molecular weight excluding hydrogens is 212 g/mol. The molecule has 2 rings (SSSR count). The van der Waals surface area contributed by atoms with Crippen LogP contribution in [0, 0.1) is 5.41 Å². The van der Waals surface area contributed by atoms with Gasteiger partial charge in [0, 0.05) is 19.6 Å². The SMILES string of the molecule is CCC1(CC)CCN(CC2CCC(CN)O2)C1. The Labute approximate surface area is 106 Å². The van der Waals surface area contributed by atoms with Crippen LogP contribution in [0.3, 0.4) is 0 Å². The molecule has 100 valence electrons. The van der Waals surface area contributed by atoms with Crippen molar-refractivity contribution < 1.29 is 4.74 Å². The fourth-order valence-electron chi connectivity index (χ4n) is 3.39. The van der Waals surface area contributed by atoms with Crippen LogP contribution >= 0.6 is 0 Å². The molecule has 0 aromatic heterocycles. The molecule has 2 aliphatic rings. The molecule has 2 heterocycles. The topological polar surface area (TPSA) is 38.5 Å². The lowest BCUT2D eigenvalue weighted by Gasteiger charge is -2.27. The lowest BCUT2D eigenvalue weighted by atomic mass is 9.82. The van der Waals surface area contributed by atoms with Crippen molar-refractivity contribution in [1.29, 1.82) is 0 Å². The van der Waals surface area contributed by atoms with E-state index < -0.39 is 0 Å². The van der Waals surface area contributed by atoms with Crippen molar-refractivity contribution in [1.82, 2.24) is 4.90 Å². The van der Waals surface area contributed by atoms with Crippen molar-refractivity contribution in [2.45, 2.75) is 58.2 Å². The van der Waals surface area contributed by atoms with E-state index in [1.54, 1.807) is 0 Å². The predicted molar refractivity (Wildman–Crippen MR) is 71.0 cm³/mol. The summed E-state index contributed by atoms with van der Waals surface area (Å²) in [7, 11) is 0. The summed E-state index contributed by atoms with van der Waals surface area (Å²) in [5, 5.41) is 0. The number of likely N-dealkylation sites (tertiary alicyclic amines) is 1. The highest BCUT2D eigenvalue weighted by molar-refractivity contribution is 4.89. The summed E-state index contributed by atoms with van der Waals surface area (Å²) >= 11 is 0. The normalized spacial score (nSPS) is 33.4. The first-order valence-corrected chi connectivity index (χ1v) is 7.29. The fourth-order valence-corrected chi connectivity index (χ4v) is 3.39. The van der Waals surface area contributed by atoms with Gasteiger partial charge in [0.05, 0.1) is 12.2 Å². The van der Waals surface area contributed by atoms with Gasteiger partial charge in [-0.15, -0.1) is 0 Å². The van der Waals surface area contributed by atoms with Crippen LogP contribution in [0.15, 0.2) is 0 Å². The van der Waals surface area contributed by atoms with Gasteiger partial charge in [0.25, 0.3) is 0 Å². The van der Waals surface area contributed by atoms with Crippen molar-refractivity contribution in [2.24, 2.45) is 11.1 Å². The molecule has 2 atom stereocenters. The molecule has 2 aliphatic heterocycles. The zero-order valence-corrected chi connectivity index (χ0v) is 11.5. The molecule has 0 spiro atoms. The zero-order valence-electron chi connectivity index (χ0n) is 11.5. The third-order valence-electron chi connectivity index (χ3n) is 4.94. The van der Waals surface area contributed by atoms with Gasteiger partial charge in [-0.1, -0.05) is 13.8 Å². The lowest BCUT2D eigenvalue weighted by molar-refractivity contribution is 0.0291. The monoisotopic (exact) mass is 240 g/mol. The summed E-state index contributed by atoms with van der Waals surface area (Å²) in [4.78, 5) is 2.61. The van der Waals surface area contributed by atoms with E-state index in [1.165, 1.54) is 38.8 Å². The summed E-state index contributed by atoms with van der Waals surface area (Å²) in [6.45, 7) is 9.01. The molecule has 0 radical (unpaired) electrons. The van der Waals surface area contributed by atoms with Gasteiger partial charge < -0.3 is 15.4 Å². The van der Waals surface area contributed by atoms with E-state index in [2.05, 4.69) is 18.7 Å². The van der Waals surface area contributed by atoms with E-state index in [0.29, 0.717) is 24.2 Å². The van der Waals surface area contributed by atoms with Crippen LogP contribution in [0.25, 0.3) is 0 Å². The lowest BCUT2D eigenvalue weighted by Crippen LogP contribution is -2.33. The van der Waals surface area contributed by atoms with Gasteiger partial charge in [0.1, 0.15) is 0 Å². The number of nitrogens with two attached hydrogens (primary N) is 1. The number of ether oxygens (including phenoxy) is 1. The number of rotatable bonds is 5.